The van der Waals surface area contributed by atoms with E-state index in [-0.39, 0.29) is 11.6 Å². The lowest BCUT2D eigenvalue weighted by Gasteiger charge is -2.35. The second-order valence-corrected chi connectivity index (χ2v) is 12.8. The molecule has 3 aromatic heterocycles. The SMILES string of the molecule is C#CCN1CCN(c2ccc(N(C(=O)OC(C)(C)C)c3nc(-c4cncc(NC(=O)OC(C)(C)C)n4)cn4ccnc34)cc2)CC1. The number of carbonyl (C=O) groups excluding carboxylic acids is 2. The third-order valence-electron chi connectivity index (χ3n) is 6.83. The number of terminal acetylenes is 1. The fourth-order valence-electron chi connectivity index (χ4n) is 4.87. The van der Waals surface area contributed by atoms with Crippen LogP contribution in [-0.4, -0.2) is 85.3 Å². The van der Waals surface area contributed by atoms with Crippen LogP contribution in [0.5, 0.6) is 0 Å². The Bertz CT molecular complexity index is 1740. The van der Waals surface area contributed by atoms with Crippen molar-refractivity contribution in [3.63, 3.8) is 0 Å². The number of fused-ring (bicyclic) bond motifs is 1. The second-order valence-electron chi connectivity index (χ2n) is 12.8. The van der Waals surface area contributed by atoms with Gasteiger partial charge < -0.3 is 18.8 Å². The molecule has 0 saturated carbocycles. The summed E-state index contributed by atoms with van der Waals surface area (Å²) in [5.41, 5.74) is 1.29. The number of aromatic nitrogens is 5. The molecule has 1 N–H and O–H groups in total. The Balaban J connectivity index is 1.51. The molecule has 5 rings (SSSR count). The molecule has 13 heteroatoms. The minimum Gasteiger partial charge on any atom is -0.444 e. The van der Waals surface area contributed by atoms with Crippen LogP contribution in [0.2, 0.25) is 0 Å². The first-order chi connectivity index (χ1) is 21.8. The summed E-state index contributed by atoms with van der Waals surface area (Å²) in [5, 5.41) is 2.61. The largest absolute Gasteiger partial charge is 0.444 e. The van der Waals surface area contributed by atoms with Gasteiger partial charge in [-0.05, 0) is 65.8 Å². The maximum atomic E-state index is 13.9. The smallest absolute Gasteiger partial charge is 0.420 e. The minimum absolute atomic E-state index is 0.181. The van der Waals surface area contributed by atoms with Crippen LogP contribution in [0.25, 0.3) is 17.0 Å². The van der Waals surface area contributed by atoms with Gasteiger partial charge in [0.25, 0.3) is 0 Å². The monoisotopic (exact) mass is 625 g/mol. The van der Waals surface area contributed by atoms with Gasteiger partial charge in [0.2, 0.25) is 0 Å². The van der Waals surface area contributed by atoms with Crippen molar-refractivity contribution in [1.29, 1.82) is 0 Å². The van der Waals surface area contributed by atoms with Gasteiger partial charge in [0.05, 0.1) is 24.6 Å². The van der Waals surface area contributed by atoms with Crippen molar-refractivity contribution in [3.8, 4) is 23.7 Å². The average Bonchev–Trinajstić information content (AvgIpc) is 3.46. The van der Waals surface area contributed by atoms with Crippen LogP contribution < -0.4 is 15.1 Å². The summed E-state index contributed by atoms with van der Waals surface area (Å²) < 4.78 is 12.9. The van der Waals surface area contributed by atoms with Gasteiger partial charge in [-0.25, -0.2) is 29.4 Å². The van der Waals surface area contributed by atoms with Gasteiger partial charge in [-0.2, -0.15) is 0 Å². The number of nitrogens with zero attached hydrogens (tertiary/aromatic N) is 8. The van der Waals surface area contributed by atoms with Crippen LogP contribution in [0.15, 0.2) is 55.2 Å². The van der Waals surface area contributed by atoms with Gasteiger partial charge in [-0.1, -0.05) is 5.92 Å². The lowest BCUT2D eigenvalue weighted by molar-refractivity contribution is 0.0595. The van der Waals surface area contributed by atoms with Gasteiger partial charge >= 0.3 is 12.2 Å². The number of nitrogens with one attached hydrogen (secondary N) is 1. The summed E-state index contributed by atoms with van der Waals surface area (Å²) in [5.74, 6) is 3.13. The van der Waals surface area contributed by atoms with E-state index in [0.717, 1.165) is 31.9 Å². The summed E-state index contributed by atoms with van der Waals surface area (Å²) in [6.07, 6.45) is 12.2. The zero-order valence-electron chi connectivity index (χ0n) is 27.0. The fraction of sp³-hybridized carbons (Fsp3) is 0.394. The molecule has 46 heavy (non-hydrogen) atoms. The highest BCUT2D eigenvalue weighted by Gasteiger charge is 2.29. The highest BCUT2D eigenvalue weighted by atomic mass is 16.6. The molecule has 1 aromatic carbocycles. The molecular formula is C33H39N9O4. The Hall–Kier alpha value is -5.22. The van der Waals surface area contributed by atoms with Crippen molar-refractivity contribution in [1.82, 2.24) is 29.2 Å². The molecule has 2 amide bonds. The van der Waals surface area contributed by atoms with E-state index in [2.05, 4.69) is 36.0 Å². The first kappa shape index (κ1) is 32.2. The third-order valence-corrected chi connectivity index (χ3v) is 6.83. The van der Waals surface area contributed by atoms with Crippen molar-refractivity contribution in [2.24, 2.45) is 0 Å². The molecule has 4 aromatic rings. The lowest BCUT2D eigenvalue weighted by Crippen LogP contribution is -2.46. The van der Waals surface area contributed by atoms with Gasteiger partial charge in [0.15, 0.2) is 17.3 Å². The molecule has 4 heterocycles. The minimum atomic E-state index is -0.774. The molecule has 1 saturated heterocycles. The van der Waals surface area contributed by atoms with Crippen LogP contribution in [-0.2, 0) is 9.47 Å². The van der Waals surface area contributed by atoms with Crippen LogP contribution in [0, 0.1) is 12.3 Å². The highest BCUT2D eigenvalue weighted by molar-refractivity contribution is 5.99. The molecular weight excluding hydrogens is 586 g/mol. The molecule has 240 valence electrons. The summed E-state index contributed by atoms with van der Waals surface area (Å²) in [7, 11) is 0. The predicted octanol–water partition coefficient (Wildman–Crippen LogP) is 5.36. The number of amides is 2. The van der Waals surface area contributed by atoms with Crippen LogP contribution >= 0.6 is 0 Å². The van der Waals surface area contributed by atoms with Gasteiger partial charge in [-0.15, -0.1) is 6.42 Å². The number of rotatable bonds is 6. The van der Waals surface area contributed by atoms with E-state index in [9.17, 15) is 9.59 Å². The zero-order valence-corrected chi connectivity index (χ0v) is 27.0. The molecule has 1 aliphatic rings. The lowest BCUT2D eigenvalue weighted by atomic mass is 10.2. The zero-order chi connectivity index (χ0) is 33.1. The standard InChI is InChI=1S/C33H39N9O4/c1-8-14-39-16-18-40(19-17-39)23-9-11-24(12-10-23)42(31(44)46-33(5,6)7)29-28-35-13-15-41(28)22-26(37-29)25-20-34-21-27(36-25)38-30(43)45-32(2,3)4/h1,9-13,15,20-22H,14,16-19H2,2-7H3,(H,36,38,43). The molecule has 0 radical (unpaired) electrons. The molecule has 0 atom stereocenters. The normalized spacial score (nSPS) is 14.1. The Morgan fingerprint density at radius 1 is 0.957 bits per heavy atom. The van der Waals surface area contributed by atoms with Crippen molar-refractivity contribution in [2.75, 3.05) is 47.8 Å². The first-order valence-electron chi connectivity index (χ1n) is 15.0. The van der Waals surface area contributed by atoms with Crippen molar-refractivity contribution in [2.45, 2.75) is 52.7 Å². The van der Waals surface area contributed by atoms with Crippen LogP contribution in [0.1, 0.15) is 41.5 Å². The van der Waals surface area contributed by atoms with E-state index in [4.69, 9.17) is 20.9 Å². The molecule has 0 unspecified atom stereocenters. The maximum absolute atomic E-state index is 13.9. The number of piperazine rings is 1. The highest BCUT2D eigenvalue weighted by Crippen LogP contribution is 2.33. The van der Waals surface area contributed by atoms with Gasteiger partial charge in [-0.3, -0.25) is 15.2 Å². The van der Waals surface area contributed by atoms with E-state index < -0.39 is 23.4 Å². The summed E-state index contributed by atoms with van der Waals surface area (Å²) in [6.45, 7) is 14.8. The van der Waals surface area contributed by atoms with Crippen molar-refractivity contribution >= 4 is 40.8 Å². The van der Waals surface area contributed by atoms with Gasteiger partial charge in [0.1, 0.15) is 22.6 Å². The predicted molar refractivity (Wildman–Crippen MR) is 176 cm³/mol. The summed E-state index contributed by atoms with van der Waals surface area (Å²) in [6, 6.07) is 7.69. The number of benzene rings is 1. The Morgan fingerprint density at radius 3 is 2.30 bits per heavy atom. The molecule has 0 aliphatic carbocycles. The van der Waals surface area contributed by atoms with E-state index in [1.54, 1.807) is 64.5 Å². The molecule has 13 nitrogen and oxygen atoms in total. The second kappa shape index (κ2) is 13.0. The summed E-state index contributed by atoms with van der Waals surface area (Å²) >= 11 is 0. The number of ether oxygens (including phenoxy) is 2. The van der Waals surface area contributed by atoms with Crippen LogP contribution in [0.4, 0.5) is 32.6 Å². The van der Waals surface area contributed by atoms with Crippen LogP contribution in [0.3, 0.4) is 0 Å². The Morgan fingerprint density at radius 2 is 1.65 bits per heavy atom. The topological polar surface area (TPSA) is 130 Å². The fourth-order valence-corrected chi connectivity index (χ4v) is 4.87. The molecule has 1 fully saturated rings. The number of carbonyl (C=O) groups is 2. The quantitative estimate of drug-likeness (QED) is 0.280. The Labute approximate surface area is 268 Å². The number of imidazole rings is 1. The van der Waals surface area contributed by atoms with E-state index >= 15 is 0 Å². The first-order valence-corrected chi connectivity index (χ1v) is 15.0. The average molecular weight is 626 g/mol. The maximum Gasteiger partial charge on any atom is 0.420 e. The Kier molecular flexibility index (Phi) is 9.11. The van der Waals surface area contributed by atoms with Crippen molar-refractivity contribution < 1.29 is 19.1 Å². The molecule has 0 spiro atoms. The van der Waals surface area contributed by atoms with Crippen molar-refractivity contribution in [3.05, 3.63) is 55.2 Å². The van der Waals surface area contributed by atoms with E-state index in [1.165, 1.54) is 17.3 Å². The van der Waals surface area contributed by atoms with Gasteiger partial charge in [0, 0.05) is 50.5 Å². The van der Waals surface area contributed by atoms with E-state index in [0.29, 0.717) is 29.3 Å². The van der Waals surface area contributed by atoms with E-state index in [1.807, 2.05) is 24.3 Å². The number of hydrogen-bond acceptors (Lipinski definition) is 10. The summed E-state index contributed by atoms with van der Waals surface area (Å²) in [4.78, 5) is 50.3. The number of hydrogen-bond donors (Lipinski definition) is 1. The number of anilines is 4. The molecule has 0 bridgehead atoms. The molecule has 1 aliphatic heterocycles. The third kappa shape index (κ3) is 7.89.